The summed E-state index contributed by atoms with van der Waals surface area (Å²) in [5.41, 5.74) is 1.22. The summed E-state index contributed by atoms with van der Waals surface area (Å²) in [6.07, 6.45) is 0. The maximum absolute atomic E-state index is 12.2. The Labute approximate surface area is 168 Å². The number of hydrogen-bond acceptors (Lipinski definition) is 7. The number of aromatic nitrogens is 3. The number of ether oxygens (including phenoxy) is 1. The molecule has 0 atom stereocenters. The molecule has 1 aromatic carbocycles. The molecule has 140 valence electrons. The van der Waals surface area contributed by atoms with Crippen molar-refractivity contribution in [2.24, 2.45) is 7.05 Å². The van der Waals surface area contributed by atoms with Crippen LogP contribution >= 0.6 is 34.7 Å². The lowest BCUT2D eigenvalue weighted by Crippen LogP contribution is -2.16. The average molecular weight is 423 g/mol. The minimum absolute atomic E-state index is 0.130. The van der Waals surface area contributed by atoms with E-state index in [1.165, 1.54) is 30.2 Å². The number of rotatable bonds is 6. The van der Waals surface area contributed by atoms with E-state index in [2.05, 4.69) is 15.5 Å². The fourth-order valence-electron chi connectivity index (χ4n) is 2.26. The van der Waals surface area contributed by atoms with Crippen LogP contribution in [-0.2, 0) is 16.6 Å². The molecule has 0 saturated carbocycles. The fraction of sp³-hybridized carbons (Fsp3) is 0.176. The SMILES string of the molecule is COC(=O)c1ccsc1NC(=O)CSc1nnc(-c2ccc(Cl)cc2)n1C. The molecule has 2 heterocycles. The maximum Gasteiger partial charge on any atom is 0.340 e. The number of thioether (sulfide) groups is 1. The molecule has 3 aromatic rings. The van der Waals surface area contributed by atoms with Crippen molar-refractivity contribution in [2.75, 3.05) is 18.2 Å². The lowest BCUT2D eigenvalue weighted by molar-refractivity contribution is -0.113. The van der Waals surface area contributed by atoms with Crippen molar-refractivity contribution in [3.8, 4) is 11.4 Å². The van der Waals surface area contributed by atoms with Crippen molar-refractivity contribution in [3.63, 3.8) is 0 Å². The van der Waals surface area contributed by atoms with E-state index in [1.807, 2.05) is 23.7 Å². The van der Waals surface area contributed by atoms with Gasteiger partial charge in [-0.1, -0.05) is 23.4 Å². The van der Waals surface area contributed by atoms with Gasteiger partial charge in [-0.2, -0.15) is 0 Å². The molecule has 1 amide bonds. The summed E-state index contributed by atoms with van der Waals surface area (Å²) in [6, 6.07) is 8.90. The topological polar surface area (TPSA) is 86.1 Å². The summed E-state index contributed by atoms with van der Waals surface area (Å²) in [7, 11) is 3.13. The molecule has 0 saturated heterocycles. The van der Waals surface area contributed by atoms with Gasteiger partial charge in [-0.25, -0.2) is 4.79 Å². The molecule has 0 unspecified atom stereocenters. The van der Waals surface area contributed by atoms with Gasteiger partial charge in [0, 0.05) is 17.6 Å². The minimum atomic E-state index is -0.486. The first kappa shape index (κ1) is 19.4. The summed E-state index contributed by atoms with van der Waals surface area (Å²) in [5, 5.41) is 14.5. The molecular weight excluding hydrogens is 408 g/mol. The van der Waals surface area contributed by atoms with Crippen LogP contribution in [-0.4, -0.2) is 39.5 Å². The number of amides is 1. The van der Waals surface area contributed by atoms with E-state index in [-0.39, 0.29) is 11.7 Å². The van der Waals surface area contributed by atoms with Crippen molar-refractivity contribution >= 4 is 51.6 Å². The average Bonchev–Trinajstić information content (AvgIpc) is 3.27. The van der Waals surface area contributed by atoms with Crippen molar-refractivity contribution < 1.29 is 14.3 Å². The molecule has 7 nitrogen and oxygen atoms in total. The van der Waals surface area contributed by atoms with Gasteiger partial charge in [-0.15, -0.1) is 21.5 Å². The number of methoxy groups -OCH3 is 1. The summed E-state index contributed by atoms with van der Waals surface area (Å²) in [4.78, 5) is 23.9. The number of esters is 1. The van der Waals surface area contributed by atoms with Gasteiger partial charge in [0.05, 0.1) is 18.4 Å². The number of hydrogen-bond donors (Lipinski definition) is 1. The molecule has 0 aliphatic heterocycles. The number of halogens is 1. The number of benzene rings is 1. The first-order valence-corrected chi connectivity index (χ1v) is 9.97. The highest BCUT2D eigenvalue weighted by atomic mass is 35.5. The third-order valence-electron chi connectivity index (χ3n) is 3.59. The normalized spacial score (nSPS) is 10.6. The lowest BCUT2D eigenvalue weighted by atomic mass is 10.2. The Morgan fingerprint density at radius 2 is 2.00 bits per heavy atom. The van der Waals surface area contributed by atoms with Crippen LogP contribution in [0.15, 0.2) is 40.9 Å². The van der Waals surface area contributed by atoms with Crippen molar-refractivity contribution in [3.05, 3.63) is 46.3 Å². The van der Waals surface area contributed by atoms with Gasteiger partial charge >= 0.3 is 5.97 Å². The molecule has 0 radical (unpaired) electrons. The summed E-state index contributed by atoms with van der Waals surface area (Å²) in [6.45, 7) is 0. The number of anilines is 1. The zero-order chi connectivity index (χ0) is 19.4. The molecule has 10 heteroatoms. The molecule has 0 bridgehead atoms. The minimum Gasteiger partial charge on any atom is -0.465 e. The van der Waals surface area contributed by atoms with E-state index in [1.54, 1.807) is 23.6 Å². The quantitative estimate of drug-likeness (QED) is 0.481. The van der Waals surface area contributed by atoms with Crippen LogP contribution < -0.4 is 5.32 Å². The fourth-order valence-corrected chi connectivity index (χ4v) is 3.89. The third-order valence-corrected chi connectivity index (χ3v) is 5.70. The van der Waals surface area contributed by atoms with Crippen molar-refractivity contribution in [1.29, 1.82) is 0 Å². The smallest absolute Gasteiger partial charge is 0.340 e. The van der Waals surface area contributed by atoms with Crippen molar-refractivity contribution in [2.45, 2.75) is 5.16 Å². The van der Waals surface area contributed by atoms with Crippen LogP contribution in [0.1, 0.15) is 10.4 Å². The van der Waals surface area contributed by atoms with Crippen LogP contribution in [0.5, 0.6) is 0 Å². The lowest BCUT2D eigenvalue weighted by Gasteiger charge is -2.06. The Balaban J connectivity index is 1.64. The van der Waals surface area contributed by atoms with Gasteiger partial charge in [0.15, 0.2) is 11.0 Å². The standard InChI is InChI=1S/C17H15ClN4O3S2/c1-22-14(10-3-5-11(18)6-4-10)20-21-17(22)27-9-13(23)19-15-12(7-8-26-15)16(24)25-2/h3-8H,9H2,1-2H3,(H,19,23). The van der Waals surface area contributed by atoms with Crippen LogP contribution in [0, 0.1) is 0 Å². The molecule has 1 N–H and O–H groups in total. The van der Waals surface area contributed by atoms with E-state index in [0.717, 1.165) is 5.56 Å². The summed E-state index contributed by atoms with van der Waals surface area (Å²) in [5.74, 6) is 0.0787. The van der Waals surface area contributed by atoms with Crippen LogP contribution in [0.4, 0.5) is 5.00 Å². The van der Waals surface area contributed by atoms with Gasteiger partial charge in [-0.05, 0) is 35.7 Å². The second-order valence-corrected chi connectivity index (χ2v) is 7.66. The zero-order valence-corrected chi connectivity index (χ0v) is 16.8. The van der Waals surface area contributed by atoms with Crippen LogP contribution in [0.25, 0.3) is 11.4 Å². The van der Waals surface area contributed by atoms with Gasteiger partial charge in [0.25, 0.3) is 0 Å². The highest BCUT2D eigenvalue weighted by Gasteiger charge is 2.17. The number of thiophene rings is 1. The number of carbonyl (C=O) groups is 2. The van der Waals surface area contributed by atoms with Gasteiger partial charge in [0.1, 0.15) is 5.00 Å². The Morgan fingerprint density at radius 3 is 2.70 bits per heavy atom. The van der Waals surface area contributed by atoms with Crippen LogP contribution in [0.2, 0.25) is 5.02 Å². The Bertz CT molecular complexity index is 969. The van der Waals surface area contributed by atoms with Crippen molar-refractivity contribution in [1.82, 2.24) is 14.8 Å². The highest BCUT2D eigenvalue weighted by Crippen LogP contribution is 2.26. The molecule has 0 fully saturated rings. The third kappa shape index (κ3) is 4.49. The summed E-state index contributed by atoms with van der Waals surface area (Å²) < 4.78 is 6.51. The van der Waals surface area contributed by atoms with E-state index in [0.29, 0.717) is 26.6 Å². The van der Waals surface area contributed by atoms with Gasteiger partial charge < -0.3 is 14.6 Å². The van der Waals surface area contributed by atoms with E-state index in [4.69, 9.17) is 16.3 Å². The number of nitrogens with one attached hydrogen (secondary N) is 1. The second kappa shape index (κ2) is 8.55. The molecule has 27 heavy (non-hydrogen) atoms. The van der Waals surface area contributed by atoms with Crippen LogP contribution in [0.3, 0.4) is 0 Å². The number of nitrogens with zero attached hydrogens (tertiary/aromatic N) is 3. The predicted molar refractivity (Wildman–Crippen MR) is 106 cm³/mol. The predicted octanol–water partition coefficient (Wildman–Crippen LogP) is 3.71. The monoisotopic (exact) mass is 422 g/mol. The molecule has 3 rings (SSSR count). The molecule has 0 aliphatic carbocycles. The van der Waals surface area contributed by atoms with Gasteiger partial charge in [0.2, 0.25) is 5.91 Å². The second-order valence-electron chi connectivity index (χ2n) is 5.36. The maximum atomic E-state index is 12.2. The first-order valence-electron chi connectivity index (χ1n) is 7.73. The highest BCUT2D eigenvalue weighted by molar-refractivity contribution is 7.99. The Morgan fingerprint density at radius 1 is 1.26 bits per heavy atom. The molecule has 0 spiro atoms. The Kier molecular flexibility index (Phi) is 6.15. The first-order chi connectivity index (χ1) is 13.0. The van der Waals surface area contributed by atoms with E-state index >= 15 is 0 Å². The van der Waals surface area contributed by atoms with E-state index in [9.17, 15) is 9.59 Å². The van der Waals surface area contributed by atoms with E-state index < -0.39 is 5.97 Å². The zero-order valence-electron chi connectivity index (χ0n) is 14.4. The molecule has 0 aliphatic rings. The molecular formula is C17H15ClN4O3S2. The largest absolute Gasteiger partial charge is 0.465 e. The molecule has 2 aromatic heterocycles. The van der Waals surface area contributed by atoms with Gasteiger partial charge in [-0.3, -0.25) is 4.79 Å². The number of carbonyl (C=O) groups excluding carboxylic acids is 2. The Hall–Kier alpha value is -2.36. The summed E-state index contributed by atoms with van der Waals surface area (Å²) >= 11 is 8.43.